The van der Waals surface area contributed by atoms with Crippen LogP contribution >= 0.6 is 0 Å². The zero-order chi connectivity index (χ0) is 38.7. The standard InChI is InChI=1S/C37H45FN10O6/c1-19(2)29(46-37(52)53-5)34(49)47-12-6-8-27(47)32-42-17-25(44-32)22-15-40-31(41-16-22)21-10-11-23(24(38)14-21)26-18-43-33(45-26)28-9-7-13-48(28)35(50)30(20(3)4)54-36(39)51/h10-11,14-20,27-30H,6-9,12-13H2,1-5H3,(H2,39,51)(H,42,44)(H,43,45)(H,46,52)/t27?,28-,29-,30-/m0/s1. The van der Waals surface area contributed by atoms with Crippen LogP contribution in [0.5, 0.6) is 0 Å². The molecule has 16 nitrogen and oxygen atoms in total. The molecule has 1 unspecified atom stereocenters. The van der Waals surface area contributed by atoms with Gasteiger partial charge in [-0.15, -0.1) is 0 Å². The molecule has 6 rings (SSSR count). The molecule has 0 bridgehead atoms. The molecule has 3 aromatic heterocycles. The van der Waals surface area contributed by atoms with Crippen molar-refractivity contribution in [3.63, 3.8) is 0 Å². The average molecular weight is 745 g/mol. The third-order valence-electron chi connectivity index (χ3n) is 9.86. The Morgan fingerprint density at radius 1 is 0.833 bits per heavy atom. The van der Waals surface area contributed by atoms with Crippen LogP contribution in [0.1, 0.15) is 77.1 Å². The van der Waals surface area contributed by atoms with Gasteiger partial charge in [-0.2, -0.15) is 0 Å². The number of nitrogens with one attached hydrogen (secondary N) is 3. The van der Waals surface area contributed by atoms with Crippen molar-refractivity contribution >= 4 is 24.0 Å². The summed E-state index contributed by atoms with van der Waals surface area (Å²) in [5.41, 5.74) is 7.72. The van der Waals surface area contributed by atoms with Gasteiger partial charge in [0.25, 0.3) is 5.91 Å². The monoisotopic (exact) mass is 744 g/mol. The first kappa shape index (κ1) is 37.9. The van der Waals surface area contributed by atoms with Crippen LogP contribution in [0.4, 0.5) is 14.0 Å². The zero-order valence-electron chi connectivity index (χ0n) is 30.8. The molecule has 5 N–H and O–H groups in total. The maximum atomic E-state index is 15.6. The number of H-pyrrole nitrogens is 2. The molecule has 5 heterocycles. The largest absolute Gasteiger partial charge is 0.453 e. The van der Waals surface area contributed by atoms with E-state index in [2.05, 4.69) is 35.2 Å². The molecule has 0 saturated carbocycles. The summed E-state index contributed by atoms with van der Waals surface area (Å²) in [6.45, 7) is 8.28. The average Bonchev–Trinajstić information content (AvgIpc) is 3.98. The second-order valence-corrected chi connectivity index (χ2v) is 14.2. The van der Waals surface area contributed by atoms with E-state index in [4.69, 9.17) is 15.2 Å². The minimum absolute atomic E-state index is 0.147. The minimum Gasteiger partial charge on any atom is -0.453 e. The Morgan fingerprint density at radius 2 is 1.43 bits per heavy atom. The number of aromatic nitrogens is 6. The highest BCUT2D eigenvalue weighted by Gasteiger charge is 2.39. The van der Waals surface area contributed by atoms with Crippen molar-refractivity contribution in [2.75, 3.05) is 20.2 Å². The number of hydrogen-bond donors (Lipinski definition) is 4. The molecular weight excluding hydrogens is 699 g/mol. The number of hydrogen-bond acceptors (Lipinski definition) is 10. The fourth-order valence-corrected chi connectivity index (χ4v) is 7.05. The molecule has 2 aliphatic heterocycles. The first-order valence-corrected chi connectivity index (χ1v) is 18.0. The summed E-state index contributed by atoms with van der Waals surface area (Å²) in [5, 5.41) is 2.65. The molecule has 2 fully saturated rings. The normalized spacial score (nSPS) is 18.2. The Bertz CT molecular complexity index is 2000. The molecule has 4 atom stereocenters. The SMILES string of the molecule is COC(=O)N[C@H](C(=O)N1CCCC1c1ncc(-c2cnc(-c3ccc(-c4cnc([C@@H]5CCCN5C(=O)[C@@H](OC(N)=O)C(C)C)[nH]4)c(F)c3)nc2)[nH]1)C(C)C. The molecule has 0 aliphatic carbocycles. The van der Waals surface area contributed by atoms with Crippen LogP contribution in [0.2, 0.25) is 0 Å². The van der Waals surface area contributed by atoms with Crippen LogP contribution in [0.3, 0.4) is 0 Å². The third kappa shape index (κ3) is 7.89. The Hall–Kier alpha value is -5.87. The number of imidazole rings is 2. The van der Waals surface area contributed by atoms with E-state index in [1.54, 1.807) is 54.4 Å². The van der Waals surface area contributed by atoms with Crippen LogP contribution < -0.4 is 11.1 Å². The number of likely N-dealkylation sites (tertiary alicyclic amines) is 2. The van der Waals surface area contributed by atoms with Gasteiger partial charge < -0.3 is 40.3 Å². The van der Waals surface area contributed by atoms with E-state index in [1.165, 1.54) is 19.4 Å². The van der Waals surface area contributed by atoms with E-state index < -0.39 is 36.2 Å². The lowest BCUT2D eigenvalue weighted by atomic mass is 10.0. The molecule has 286 valence electrons. The zero-order valence-corrected chi connectivity index (χ0v) is 30.8. The Balaban J connectivity index is 1.13. The molecule has 4 amide bonds. The number of primary amides is 1. The topological polar surface area (TPSA) is 214 Å². The molecule has 4 aromatic rings. The molecule has 2 aliphatic rings. The molecule has 54 heavy (non-hydrogen) atoms. The quantitative estimate of drug-likeness (QED) is 0.163. The first-order chi connectivity index (χ1) is 25.9. The van der Waals surface area contributed by atoms with E-state index in [9.17, 15) is 19.2 Å². The maximum absolute atomic E-state index is 15.6. The molecular formula is C37H45FN10O6. The fourth-order valence-electron chi connectivity index (χ4n) is 7.05. The number of benzene rings is 1. The van der Waals surface area contributed by atoms with Gasteiger partial charge in [-0.1, -0.05) is 33.8 Å². The summed E-state index contributed by atoms with van der Waals surface area (Å²) in [6.07, 6.45) is 6.61. The van der Waals surface area contributed by atoms with Gasteiger partial charge in [-0.3, -0.25) is 9.59 Å². The molecule has 1 aromatic carbocycles. The number of halogens is 1. The van der Waals surface area contributed by atoms with E-state index in [-0.39, 0.29) is 35.3 Å². The number of alkyl carbamates (subject to hydrolysis) is 1. The van der Waals surface area contributed by atoms with Gasteiger partial charge >= 0.3 is 12.2 Å². The van der Waals surface area contributed by atoms with Crippen molar-refractivity contribution in [1.29, 1.82) is 0 Å². The highest BCUT2D eigenvalue weighted by Crippen LogP contribution is 2.35. The number of methoxy groups -OCH3 is 1. The summed E-state index contributed by atoms with van der Waals surface area (Å²) in [4.78, 5) is 78.0. The van der Waals surface area contributed by atoms with Gasteiger partial charge in [0.15, 0.2) is 11.9 Å². The maximum Gasteiger partial charge on any atom is 0.407 e. The van der Waals surface area contributed by atoms with Crippen molar-refractivity contribution in [3.05, 3.63) is 60.5 Å². The number of amides is 4. The van der Waals surface area contributed by atoms with Crippen LogP contribution in [-0.4, -0.2) is 96.0 Å². The summed E-state index contributed by atoms with van der Waals surface area (Å²) in [6, 6.07) is 3.26. The predicted octanol–water partition coefficient (Wildman–Crippen LogP) is 4.89. The van der Waals surface area contributed by atoms with Crippen LogP contribution in [0, 0.1) is 17.7 Å². The lowest BCUT2D eigenvalue weighted by Gasteiger charge is -2.30. The van der Waals surface area contributed by atoms with Crippen molar-refractivity contribution < 1.29 is 33.0 Å². The van der Waals surface area contributed by atoms with Gasteiger partial charge in [-0.05, 0) is 49.7 Å². The van der Waals surface area contributed by atoms with E-state index in [0.717, 1.165) is 12.8 Å². The van der Waals surface area contributed by atoms with Gasteiger partial charge in [-0.25, -0.2) is 33.9 Å². The van der Waals surface area contributed by atoms with Gasteiger partial charge in [0.05, 0.1) is 43.0 Å². The van der Waals surface area contributed by atoms with Gasteiger partial charge in [0.2, 0.25) is 5.91 Å². The van der Waals surface area contributed by atoms with E-state index in [0.29, 0.717) is 65.9 Å². The van der Waals surface area contributed by atoms with Crippen LogP contribution in [0.15, 0.2) is 43.0 Å². The van der Waals surface area contributed by atoms with Crippen LogP contribution in [-0.2, 0) is 19.1 Å². The molecule has 0 radical (unpaired) electrons. The lowest BCUT2D eigenvalue weighted by molar-refractivity contribution is -0.143. The second-order valence-electron chi connectivity index (χ2n) is 14.2. The Kier molecular flexibility index (Phi) is 11.2. The summed E-state index contributed by atoms with van der Waals surface area (Å²) >= 11 is 0. The number of nitrogens with two attached hydrogens (primary N) is 1. The van der Waals surface area contributed by atoms with E-state index >= 15 is 4.39 Å². The minimum atomic E-state index is -1.02. The number of carbonyl (C=O) groups excluding carboxylic acids is 4. The summed E-state index contributed by atoms with van der Waals surface area (Å²) < 4.78 is 25.4. The summed E-state index contributed by atoms with van der Waals surface area (Å²) in [5.74, 6) is -0.0513. The molecule has 0 spiro atoms. The van der Waals surface area contributed by atoms with Crippen molar-refractivity contribution in [2.24, 2.45) is 17.6 Å². The van der Waals surface area contributed by atoms with E-state index in [1.807, 2.05) is 13.8 Å². The number of nitrogens with zero attached hydrogens (tertiary/aromatic N) is 6. The highest BCUT2D eigenvalue weighted by atomic mass is 19.1. The smallest absolute Gasteiger partial charge is 0.407 e. The first-order valence-electron chi connectivity index (χ1n) is 18.0. The molecule has 17 heteroatoms. The second kappa shape index (κ2) is 16.0. The predicted molar refractivity (Wildman–Crippen MR) is 193 cm³/mol. The Morgan fingerprint density at radius 3 is 1.98 bits per heavy atom. The molecule has 2 saturated heterocycles. The highest BCUT2D eigenvalue weighted by molar-refractivity contribution is 5.86. The lowest BCUT2D eigenvalue weighted by Crippen LogP contribution is -2.51. The van der Waals surface area contributed by atoms with Gasteiger partial charge in [0, 0.05) is 42.2 Å². The van der Waals surface area contributed by atoms with Crippen molar-refractivity contribution in [1.82, 2.24) is 45.0 Å². The Labute approximate surface area is 311 Å². The number of aromatic amines is 2. The number of carbonyl (C=O) groups is 4. The van der Waals surface area contributed by atoms with Crippen LogP contribution in [0.25, 0.3) is 33.9 Å². The fraction of sp³-hybridized carbons (Fsp3) is 0.459. The van der Waals surface area contributed by atoms with Crippen molar-refractivity contribution in [2.45, 2.75) is 77.6 Å². The number of ether oxygens (including phenoxy) is 2. The number of rotatable bonds is 11. The van der Waals surface area contributed by atoms with Gasteiger partial charge in [0.1, 0.15) is 23.5 Å². The summed E-state index contributed by atoms with van der Waals surface area (Å²) in [7, 11) is 1.26. The third-order valence-corrected chi connectivity index (χ3v) is 9.86. The van der Waals surface area contributed by atoms with Crippen molar-refractivity contribution in [3.8, 4) is 33.9 Å².